The number of rotatable bonds is 2. The minimum atomic E-state index is -2.77. The highest BCUT2D eigenvalue weighted by atomic mass is 19.3. The predicted molar refractivity (Wildman–Crippen MR) is 49.3 cm³/mol. The molecule has 1 aliphatic carbocycles. The quantitative estimate of drug-likeness (QED) is 0.773. The van der Waals surface area contributed by atoms with Crippen LogP contribution >= 0.6 is 0 Å². The lowest BCUT2D eigenvalue weighted by Crippen LogP contribution is -2.10. The molecule has 14 heavy (non-hydrogen) atoms. The molecule has 0 radical (unpaired) electrons. The lowest BCUT2D eigenvalue weighted by atomic mass is 10.0. The monoisotopic (exact) mass is 198 g/mol. The van der Waals surface area contributed by atoms with Gasteiger partial charge in [0.05, 0.1) is 17.9 Å². The van der Waals surface area contributed by atoms with Gasteiger partial charge in [0, 0.05) is 0 Å². The van der Waals surface area contributed by atoms with Crippen molar-refractivity contribution in [3.63, 3.8) is 0 Å². The van der Waals surface area contributed by atoms with E-state index in [9.17, 15) is 8.78 Å². The van der Waals surface area contributed by atoms with Crippen LogP contribution in [-0.4, -0.2) is 17.6 Å². The summed E-state index contributed by atoms with van der Waals surface area (Å²) in [6.07, 6.45) is 0. The van der Waals surface area contributed by atoms with Crippen LogP contribution in [0.4, 0.5) is 8.78 Å². The third kappa shape index (κ3) is 1.02. The van der Waals surface area contributed by atoms with E-state index in [4.69, 9.17) is 5.11 Å². The van der Waals surface area contributed by atoms with E-state index in [-0.39, 0.29) is 0 Å². The smallest absolute Gasteiger partial charge is 0.263 e. The number of aliphatic hydroxyl groups excluding tert-OH is 1. The van der Waals surface area contributed by atoms with E-state index in [2.05, 4.69) is 0 Å². The van der Waals surface area contributed by atoms with Crippen LogP contribution in [0.2, 0.25) is 0 Å². The molecule has 0 aliphatic heterocycles. The van der Waals surface area contributed by atoms with Crippen LogP contribution in [0.25, 0.3) is 0 Å². The second-order valence-corrected chi connectivity index (χ2v) is 4.04. The molecule has 2 rings (SSSR count). The van der Waals surface area contributed by atoms with Crippen LogP contribution in [0.1, 0.15) is 18.4 Å². The lowest BCUT2D eigenvalue weighted by molar-refractivity contribution is 0.0436. The molecule has 2 atom stereocenters. The van der Waals surface area contributed by atoms with Gasteiger partial charge in [0.1, 0.15) is 0 Å². The van der Waals surface area contributed by atoms with Gasteiger partial charge in [-0.15, -0.1) is 0 Å². The standard InChI is InChI=1S/C11H12F2O/c1-10(7-14)9(11(10,12)13)8-5-3-2-4-6-8/h2-6,9,14H,7H2,1H3/t9-,10+/m1/s1. The van der Waals surface area contributed by atoms with Crippen LogP contribution in [0.15, 0.2) is 30.3 Å². The van der Waals surface area contributed by atoms with Crippen LogP contribution < -0.4 is 0 Å². The Labute approximate surface area is 81.4 Å². The molecule has 1 aromatic rings. The predicted octanol–water partition coefficient (Wildman–Crippen LogP) is 2.42. The van der Waals surface area contributed by atoms with E-state index in [1.54, 1.807) is 30.3 Å². The Balaban J connectivity index is 2.32. The van der Waals surface area contributed by atoms with Crippen LogP contribution in [0.3, 0.4) is 0 Å². The van der Waals surface area contributed by atoms with E-state index in [0.29, 0.717) is 5.56 Å². The summed E-state index contributed by atoms with van der Waals surface area (Å²) >= 11 is 0. The third-order valence-corrected chi connectivity index (χ3v) is 3.14. The number of benzene rings is 1. The average molecular weight is 198 g/mol. The lowest BCUT2D eigenvalue weighted by Gasteiger charge is -2.03. The molecule has 0 spiro atoms. The molecule has 0 unspecified atom stereocenters. The molecular weight excluding hydrogens is 186 g/mol. The maximum absolute atomic E-state index is 13.4. The maximum Gasteiger partial charge on any atom is 0.263 e. The number of hydrogen-bond donors (Lipinski definition) is 1. The second kappa shape index (κ2) is 2.76. The first kappa shape index (κ1) is 9.59. The molecule has 76 valence electrons. The Bertz CT molecular complexity index is 336. The van der Waals surface area contributed by atoms with Crippen molar-refractivity contribution in [2.24, 2.45) is 5.41 Å². The number of halogens is 2. The fourth-order valence-corrected chi connectivity index (χ4v) is 2.00. The first-order valence-corrected chi connectivity index (χ1v) is 4.57. The summed E-state index contributed by atoms with van der Waals surface area (Å²) in [7, 11) is 0. The minimum Gasteiger partial charge on any atom is -0.396 e. The zero-order valence-corrected chi connectivity index (χ0v) is 7.87. The molecule has 0 amide bonds. The molecule has 1 aliphatic rings. The van der Waals surface area contributed by atoms with Crippen molar-refractivity contribution in [1.82, 2.24) is 0 Å². The van der Waals surface area contributed by atoms with Gasteiger partial charge < -0.3 is 5.11 Å². The summed E-state index contributed by atoms with van der Waals surface area (Å²) in [5.74, 6) is -3.61. The van der Waals surface area contributed by atoms with Crippen LogP contribution in [-0.2, 0) is 0 Å². The summed E-state index contributed by atoms with van der Waals surface area (Å²) in [4.78, 5) is 0. The normalized spacial score (nSPS) is 34.1. The Morgan fingerprint density at radius 1 is 1.29 bits per heavy atom. The molecule has 1 aromatic carbocycles. The molecule has 1 saturated carbocycles. The fourth-order valence-electron chi connectivity index (χ4n) is 2.00. The van der Waals surface area contributed by atoms with E-state index in [1.165, 1.54) is 6.92 Å². The van der Waals surface area contributed by atoms with E-state index in [0.717, 1.165) is 0 Å². The number of alkyl halides is 2. The highest BCUT2D eigenvalue weighted by Crippen LogP contribution is 2.70. The van der Waals surface area contributed by atoms with Crippen molar-refractivity contribution in [3.05, 3.63) is 35.9 Å². The molecule has 1 fully saturated rings. The second-order valence-electron chi connectivity index (χ2n) is 4.04. The first-order chi connectivity index (χ1) is 6.54. The summed E-state index contributed by atoms with van der Waals surface area (Å²) in [5.41, 5.74) is -0.664. The molecule has 0 bridgehead atoms. The fraction of sp³-hybridized carbons (Fsp3) is 0.455. The van der Waals surface area contributed by atoms with Crippen molar-refractivity contribution in [2.45, 2.75) is 18.8 Å². The topological polar surface area (TPSA) is 20.2 Å². The Morgan fingerprint density at radius 2 is 1.86 bits per heavy atom. The van der Waals surface area contributed by atoms with Gasteiger partial charge in [0.15, 0.2) is 0 Å². The molecule has 1 N–H and O–H groups in total. The number of aliphatic hydroxyl groups is 1. The van der Waals surface area contributed by atoms with Crippen LogP contribution in [0, 0.1) is 5.41 Å². The Hall–Kier alpha value is -0.960. The minimum absolute atomic E-state index is 0.473. The summed E-state index contributed by atoms with van der Waals surface area (Å²) < 4.78 is 26.7. The van der Waals surface area contributed by atoms with Crippen molar-refractivity contribution < 1.29 is 13.9 Å². The molecular formula is C11H12F2O. The molecule has 0 aromatic heterocycles. The van der Waals surface area contributed by atoms with Gasteiger partial charge in [-0.05, 0) is 5.56 Å². The third-order valence-electron chi connectivity index (χ3n) is 3.14. The zero-order valence-electron chi connectivity index (χ0n) is 7.87. The largest absolute Gasteiger partial charge is 0.396 e. The van der Waals surface area contributed by atoms with E-state index in [1.807, 2.05) is 0 Å². The van der Waals surface area contributed by atoms with Crippen molar-refractivity contribution >= 4 is 0 Å². The summed E-state index contributed by atoms with van der Waals surface area (Å²) in [6.45, 7) is 0.949. The van der Waals surface area contributed by atoms with Gasteiger partial charge in [-0.2, -0.15) is 0 Å². The molecule has 3 heteroatoms. The molecule has 0 saturated heterocycles. The molecule has 0 heterocycles. The highest BCUT2D eigenvalue weighted by Gasteiger charge is 2.77. The van der Waals surface area contributed by atoms with Crippen molar-refractivity contribution in [3.8, 4) is 0 Å². The van der Waals surface area contributed by atoms with Gasteiger partial charge in [-0.1, -0.05) is 37.3 Å². The van der Waals surface area contributed by atoms with Gasteiger partial charge in [-0.3, -0.25) is 0 Å². The van der Waals surface area contributed by atoms with E-state index >= 15 is 0 Å². The van der Waals surface area contributed by atoms with Gasteiger partial charge in [0.2, 0.25) is 0 Å². The summed E-state index contributed by atoms with van der Waals surface area (Å²) in [5, 5.41) is 8.95. The SMILES string of the molecule is C[C@]1(CO)[C@@H](c2ccccc2)C1(F)F. The number of hydrogen-bond acceptors (Lipinski definition) is 1. The first-order valence-electron chi connectivity index (χ1n) is 4.57. The summed E-state index contributed by atoms with van der Waals surface area (Å²) in [6, 6.07) is 8.63. The Kier molecular flexibility index (Phi) is 1.89. The zero-order chi connectivity index (χ0) is 10.4. The van der Waals surface area contributed by atoms with Gasteiger partial charge in [0.25, 0.3) is 5.92 Å². The van der Waals surface area contributed by atoms with Gasteiger partial charge >= 0.3 is 0 Å². The van der Waals surface area contributed by atoms with Crippen LogP contribution in [0.5, 0.6) is 0 Å². The van der Waals surface area contributed by atoms with E-state index < -0.39 is 23.9 Å². The molecule has 1 nitrogen and oxygen atoms in total. The van der Waals surface area contributed by atoms with Crippen molar-refractivity contribution in [1.29, 1.82) is 0 Å². The Morgan fingerprint density at radius 3 is 2.29 bits per heavy atom. The van der Waals surface area contributed by atoms with Crippen molar-refractivity contribution in [2.75, 3.05) is 6.61 Å². The maximum atomic E-state index is 13.4. The van der Waals surface area contributed by atoms with Gasteiger partial charge in [-0.25, -0.2) is 8.78 Å². The highest BCUT2D eigenvalue weighted by molar-refractivity contribution is 5.36. The average Bonchev–Trinajstić information content (AvgIpc) is 2.63.